The lowest BCUT2D eigenvalue weighted by Crippen LogP contribution is -2.09. The van der Waals surface area contributed by atoms with Crippen molar-refractivity contribution >= 4 is 23.1 Å². The minimum Gasteiger partial charge on any atom is -0.496 e. The van der Waals surface area contributed by atoms with E-state index in [4.69, 9.17) is 5.11 Å². The van der Waals surface area contributed by atoms with Crippen LogP contribution < -0.4 is 0 Å². The van der Waals surface area contributed by atoms with Gasteiger partial charge in [-0.2, -0.15) is 0 Å². The predicted molar refractivity (Wildman–Crippen MR) is 44.4 cm³/mol. The molecular formula is C7H12O2S. The molecule has 1 N–H and O–H groups in total. The Morgan fingerprint density at radius 1 is 1.50 bits per heavy atom. The van der Waals surface area contributed by atoms with Crippen LogP contribution in [0.5, 0.6) is 0 Å². The van der Waals surface area contributed by atoms with Crippen molar-refractivity contribution in [1.82, 2.24) is 0 Å². The highest BCUT2D eigenvalue weighted by Gasteiger charge is 2.04. The zero-order valence-corrected chi connectivity index (χ0v) is 6.91. The zero-order chi connectivity index (χ0) is 7.98. The van der Waals surface area contributed by atoms with E-state index < -0.39 is 5.05 Å². The largest absolute Gasteiger partial charge is 0.496 e. The molecule has 0 aliphatic carbocycles. The molecular weight excluding hydrogens is 148 g/mol. The number of aliphatic hydroxyl groups excluding tert-OH is 1. The molecule has 0 heterocycles. The maximum atomic E-state index is 10.6. The van der Waals surface area contributed by atoms with E-state index in [0.717, 1.165) is 19.3 Å². The maximum absolute atomic E-state index is 10.6. The van der Waals surface area contributed by atoms with Gasteiger partial charge in [0.1, 0.15) is 0 Å². The van der Waals surface area contributed by atoms with Crippen LogP contribution in [0.15, 0.2) is 0 Å². The summed E-state index contributed by atoms with van der Waals surface area (Å²) in [5.74, 6) is -0.302. The van der Waals surface area contributed by atoms with Crippen molar-refractivity contribution in [2.45, 2.75) is 32.6 Å². The lowest BCUT2D eigenvalue weighted by molar-refractivity contribution is -0.113. The number of ketones is 1. The molecule has 0 aliphatic heterocycles. The van der Waals surface area contributed by atoms with E-state index in [1.807, 2.05) is 0 Å². The van der Waals surface area contributed by atoms with Gasteiger partial charge in [-0.1, -0.05) is 19.8 Å². The van der Waals surface area contributed by atoms with E-state index >= 15 is 0 Å². The van der Waals surface area contributed by atoms with Crippen LogP contribution in [0.1, 0.15) is 32.6 Å². The van der Waals surface area contributed by atoms with Gasteiger partial charge in [0, 0.05) is 6.42 Å². The molecule has 0 saturated carbocycles. The fraction of sp³-hybridized carbons (Fsp3) is 0.714. The Hall–Kier alpha value is -0.440. The summed E-state index contributed by atoms with van der Waals surface area (Å²) >= 11 is 4.27. The van der Waals surface area contributed by atoms with Crippen molar-refractivity contribution in [2.75, 3.05) is 0 Å². The quantitative estimate of drug-likeness (QED) is 0.494. The standard InChI is InChI=1S/C7H12O2S/c1-2-3-4-5-6(8)7(9)10/h2-5H2,1H3,(H,9,10). The van der Waals surface area contributed by atoms with Crippen LogP contribution in [0.2, 0.25) is 0 Å². The summed E-state index contributed by atoms with van der Waals surface area (Å²) in [6, 6.07) is 0. The topological polar surface area (TPSA) is 37.3 Å². The van der Waals surface area contributed by atoms with Crippen LogP contribution in [-0.4, -0.2) is 15.9 Å². The SMILES string of the molecule is CCCCCC(=O)C(O)=S. The van der Waals surface area contributed by atoms with Gasteiger partial charge >= 0.3 is 0 Å². The molecule has 0 fully saturated rings. The lowest BCUT2D eigenvalue weighted by atomic mass is 10.1. The van der Waals surface area contributed by atoms with E-state index in [-0.39, 0.29) is 5.78 Å². The van der Waals surface area contributed by atoms with Crippen LogP contribution in [0, 0.1) is 0 Å². The van der Waals surface area contributed by atoms with Gasteiger partial charge in [0.05, 0.1) is 0 Å². The number of aliphatic hydroxyl groups is 1. The van der Waals surface area contributed by atoms with E-state index in [0.29, 0.717) is 6.42 Å². The first-order valence-electron chi connectivity index (χ1n) is 3.44. The smallest absolute Gasteiger partial charge is 0.225 e. The maximum Gasteiger partial charge on any atom is 0.225 e. The second-order valence-corrected chi connectivity index (χ2v) is 2.57. The minimum atomic E-state index is -0.476. The Morgan fingerprint density at radius 2 is 2.10 bits per heavy atom. The summed E-state index contributed by atoms with van der Waals surface area (Å²) in [6.45, 7) is 2.06. The number of carbonyl (C=O) groups excluding carboxylic acids is 1. The highest BCUT2D eigenvalue weighted by atomic mass is 32.1. The first-order chi connectivity index (χ1) is 4.68. The molecule has 0 spiro atoms. The molecule has 10 heavy (non-hydrogen) atoms. The second kappa shape index (κ2) is 5.35. The van der Waals surface area contributed by atoms with Crippen LogP contribution in [0.25, 0.3) is 0 Å². The van der Waals surface area contributed by atoms with Gasteiger partial charge in [-0.15, -0.1) is 0 Å². The van der Waals surface area contributed by atoms with Gasteiger partial charge in [0.2, 0.25) is 10.8 Å². The molecule has 2 nitrogen and oxygen atoms in total. The summed E-state index contributed by atoms with van der Waals surface area (Å²) in [4.78, 5) is 10.6. The molecule has 0 aromatic rings. The number of hydrogen-bond donors (Lipinski definition) is 1. The third kappa shape index (κ3) is 4.44. The summed E-state index contributed by atoms with van der Waals surface area (Å²) in [5, 5.41) is 8.03. The number of rotatable bonds is 5. The Bertz CT molecular complexity index is 132. The molecule has 0 bridgehead atoms. The van der Waals surface area contributed by atoms with Crippen molar-refractivity contribution in [3.05, 3.63) is 0 Å². The van der Waals surface area contributed by atoms with Crippen LogP contribution in [0.3, 0.4) is 0 Å². The Morgan fingerprint density at radius 3 is 2.50 bits per heavy atom. The van der Waals surface area contributed by atoms with Crippen molar-refractivity contribution < 1.29 is 9.90 Å². The molecule has 0 aromatic heterocycles. The molecule has 0 radical (unpaired) electrons. The highest BCUT2D eigenvalue weighted by molar-refractivity contribution is 7.81. The Kier molecular flexibility index (Phi) is 5.12. The Balaban J connectivity index is 3.31. The van der Waals surface area contributed by atoms with Crippen LogP contribution >= 0.6 is 12.2 Å². The van der Waals surface area contributed by atoms with E-state index in [1.54, 1.807) is 0 Å². The van der Waals surface area contributed by atoms with Gasteiger partial charge in [-0.25, -0.2) is 0 Å². The fourth-order valence-corrected chi connectivity index (χ4v) is 0.745. The summed E-state index contributed by atoms with van der Waals surface area (Å²) < 4.78 is 0. The van der Waals surface area contributed by atoms with E-state index in [9.17, 15) is 4.79 Å². The summed E-state index contributed by atoms with van der Waals surface area (Å²) in [5.41, 5.74) is 0. The van der Waals surface area contributed by atoms with Crippen LogP contribution in [-0.2, 0) is 4.79 Å². The first-order valence-corrected chi connectivity index (χ1v) is 3.85. The molecule has 0 atom stereocenters. The molecule has 0 aromatic carbocycles. The monoisotopic (exact) mass is 160 g/mol. The van der Waals surface area contributed by atoms with Crippen molar-refractivity contribution in [3.63, 3.8) is 0 Å². The number of hydrogen-bond acceptors (Lipinski definition) is 2. The van der Waals surface area contributed by atoms with Gasteiger partial charge in [-0.3, -0.25) is 4.79 Å². The molecule has 0 amide bonds. The summed E-state index contributed by atoms with van der Waals surface area (Å²) in [7, 11) is 0. The van der Waals surface area contributed by atoms with E-state index in [1.165, 1.54) is 0 Å². The third-order valence-electron chi connectivity index (χ3n) is 1.25. The normalized spacial score (nSPS) is 9.30. The molecule has 3 heteroatoms. The van der Waals surface area contributed by atoms with Crippen molar-refractivity contribution in [3.8, 4) is 0 Å². The van der Waals surface area contributed by atoms with Crippen LogP contribution in [0.4, 0.5) is 0 Å². The molecule has 0 unspecified atom stereocenters. The predicted octanol–water partition coefficient (Wildman–Crippen LogP) is 2.02. The zero-order valence-electron chi connectivity index (χ0n) is 6.09. The Labute approximate surface area is 66.2 Å². The molecule has 0 saturated heterocycles. The number of carbonyl (C=O) groups is 1. The average molecular weight is 160 g/mol. The van der Waals surface area contributed by atoms with Gasteiger partial charge < -0.3 is 5.11 Å². The number of thiocarbonyl (C=S) groups is 1. The van der Waals surface area contributed by atoms with Gasteiger partial charge in [0.15, 0.2) is 0 Å². The van der Waals surface area contributed by atoms with Gasteiger partial charge in [0.25, 0.3) is 0 Å². The fourth-order valence-electron chi connectivity index (χ4n) is 0.642. The minimum absolute atomic E-state index is 0.302. The summed E-state index contributed by atoms with van der Waals surface area (Å²) in [6.07, 6.45) is 3.32. The average Bonchev–Trinajstić information content (AvgIpc) is 1.88. The highest BCUT2D eigenvalue weighted by Crippen LogP contribution is 1.99. The second-order valence-electron chi connectivity index (χ2n) is 2.19. The lowest BCUT2D eigenvalue weighted by Gasteiger charge is -1.94. The van der Waals surface area contributed by atoms with Gasteiger partial charge in [-0.05, 0) is 18.6 Å². The number of unbranched alkanes of at least 4 members (excludes halogenated alkanes) is 2. The third-order valence-corrected chi connectivity index (χ3v) is 1.47. The first kappa shape index (κ1) is 9.56. The van der Waals surface area contributed by atoms with Crippen molar-refractivity contribution in [2.24, 2.45) is 0 Å². The van der Waals surface area contributed by atoms with E-state index in [2.05, 4.69) is 19.1 Å². The van der Waals surface area contributed by atoms with Crippen molar-refractivity contribution in [1.29, 1.82) is 0 Å². The number of Topliss-reactive ketones (excluding diaryl/α,β-unsaturated/α-hetero) is 1. The molecule has 0 rings (SSSR count). The molecule has 58 valence electrons. The molecule has 0 aliphatic rings.